The normalized spacial score (nSPS) is 11.3. The van der Waals surface area contributed by atoms with Crippen molar-refractivity contribution in [2.45, 2.75) is 39.2 Å². The van der Waals surface area contributed by atoms with Gasteiger partial charge in [0.15, 0.2) is 0 Å². The van der Waals surface area contributed by atoms with Crippen LogP contribution in [0.25, 0.3) is 0 Å². The SMILES string of the molecule is CC(C)(C)OC(=O)c1ccc(CCCO)cc1. The topological polar surface area (TPSA) is 46.5 Å². The van der Waals surface area contributed by atoms with Crippen LogP contribution in [0.1, 0.15) is 43.1 Å². The Balaban J connectivity index is 2.64. The van der Waals surface area contributed by atoms with Crippen molar-refractivity contribution in [2.75, 3.05) is 6.61 Å². The molecular formula is C14H20O3. The monoisotopic (exact) mass is 236 g/mol. The number of carbonyl (C=O) groups is 1. The molecule has 0 saturated heterocycles. The molecule has 1 aromatic rings. The molecule has 0 unspecified atom stereocenters. The van der Waals surface area contributed by atoms with Crippen LogP contribution in [0.3, 0.4) is 0 Å². The first-order valence-electron chi connectivity index (χ1n) is 5.85. The lowest BCUT2D eigenvalue weighted by Gasteiger charge is -2.19. The van der Waals surface area contributed by atoms with Crippen LogP contribution in [0.5, 0.6) is 0 Å². The first-order chi connectivity index (χ1) is 7.92. The van der Waals surface area contributed by atoms with E-state index in [-0.39, 0.29) is 12.6 Å². The second-order valence-electron chi connectivity index (χ2n) is 5.03. The number of benzene rings is 1. The summed E-state index contributed by atoms with van der Waals surface area (Å²) < 4.78 is 5.27. The molecule has 0 radical (unpaired) electrons. The maximum Gasteiger partial charge on any atom is 0.338 e. The van der Waals surface area contributed by atoms with Crippen molar-refractivity contribution in [3.05, 3.63) is 35.4 Å². The van der Waals surface area contributed by atoms with Crippen molar-refractivity contribution >= 4 is 5.97 Å². The van der Waals surface area contributed by atoms with Crippen LogP contribution in [-0.4, -0.2) is 23.3 Å². The van der Waals surface area contributed by atoms with Crippen LogP contribution in [0.4, 0.5) is 0 Å². The lowest BCUT2D eigenvalue weighted by atomic mass is 10.1. The van der Waals surface area contributed by atoms with Gasteiger partial charge in [0.1, 0.15) is 5.60 Å². The Hall–Kier alpha value is -1.35. The van der Waals surface area contributed by atoms with Crippen LogP contribution < -0.4 is 0 Å². The number of esters is 1. The summed E-state index contributed by atoms with van der Waals surface area (Å²) in [6.45, 7) is 5.73. The highest BCUT2D eigenvalue weighted by atomic mass is 16.6. The van der Waals surface area contributed by atoms with Crippen molar-refractivity contribution in [3.63, 3.8) is 0 Å². The van der Waals surface area contributed by atoms with Crippen LogP contribution in [-0.2, 0) is 11.2 Å². The molecular weight excluding hydrogens is 216 g/mol. The molecule has 0 amide bonds. The van der Waals surface area contributed by atoms with E-state index in [0.29, 0.717) is 5.56 Å². The number of aryl methyl sites for hydroxylation is 1. The van der Waals surface area contributed by atoms with Crippen molar-refractivity contribution in [3.8, 4) is 0 Å². The van der Waals surface area contributed by atoms with Gasteiger partial charge in [-0.15, -0.1) is 0 Å². The summed E-state index contributed by atoms with van der Waals surface area (Å²) in [6.07, 6.45) is 1.57. The predicted octanol–water partition coefficient (Wildman–Crippen LogP) is 2.57. The summed E-state index contributed by atoms with van der Waals surface area (Å²) >= 11 is 0. The third-order valence-electron chi connectivity index (χ3n) is 2.21. The van der Waals surface area contributed by atoms with Gasteiger partial charge in [0, 0.05) is 6.61 Å². The minimum absolute atomic E-state index is 0.188. The molecule has 0 aliphatic rings. The van der Waals surface area contributed by atoms with E-state index in [1.165, 1.54) is 0 Å². The fourth-order valence-electron chi connectivity index (χ4n) is 1.43. The highest BCUT2D eigenvalue weighted by Gasteiger charge is 2.17. The molecule has 1 aromatic carbocycles. The zero-order valence-corrected chi connectivity index (χ0v) is 10.7. The van der Waals surface area contributed by atoms with Crippen molar-refractivity contribution in [1.82, 2.24) is 0 Å². The highest BCUT2D eigenvalue weighted by molar-refractivity contribution is 5.89. The fourth-order valence-corrected chi connectivity index (χ4v) is 1.43. The maximum atomic E-state index is 11.7. The molecule has 17 heavy (non-hydrogen) atoms. The zero-order valence-electron chi connectivity index (χ0n) is 10.7. The standard InChI is InChI=1S/C14H20O3/c1-14(2,3)17-13(16)12-8-6-11(7-9-12)5-4-10-15/h6-9,15H,4-5,10H2,1-3H3. The molecule has 3 heteroatoms. The number of hydrogen-bond acceptors (Lipinski definition) is 3. The predicted molar refractivity (Wildman–Crippen MR) is 67.0 cm³/mol. The van der Waals surface area contributed by atoms with Gasteiger partial charge in [-0.1, -0.05) is 12.1 Å². The lowest BCUT2D eigenvalue weighted by Crippen LogP contribution is -2.23. The van der Waals surface area contributed by atoms with Crippen molar-refractivity contribution in [2.24, 2.45) is 0 Å². The van der Waals surface area contributed by atoms with Gasteiger partial charge in [0.2, 0.25) is 0 Å². The Morgan fingerprint density at radius 1 is 1.24 bits per heavy atom. The van der Waals surface area contributed by atoms with Gasteiger partial charge in [-0.05, 0) is 51.3 Å². The van der Waals surface area contributed by atoms with Gasteiger partial charge in [-0.2, -0.15) is 0 Å². The van der Waals surface area contributed by atoms with E-state index in [4.69, 9.17) is 9.84 Å². The minimum atomic E-state index is -0.466. The number of rotatable bonds is 4. The molecule has 0 spiro atoms. The molecule has 0 fully saturated rings. The van der Waals surface area contributed by atoms with Crippen LogP contribution in [0.15, 0.2) is 24.3 Å². The quantitative estimate of drug-likeness (QED) is 0.817. The van der Waals surface area contributed by atoms with Crippen LogP contribution in [0.2, 0.25) is 0 Å². The van der Waals surface area contributed by atoms with Crippen LogP contribution >= 0.6 is 0 Å². The maximum absolute atomic E-state index is 11.7. The van der Waals surface area contributed by atoms with Gasteiger partial charge in [0.05, 0.1) is 5.56 Å². The third kappa shape index (κ3) is 5.00. The van der Waals surface area contributed by atoms with Gasteiger partial charge in [-0.25, -0.2) is 4.79 Å². The molecule has 0 bridgehead atoms. The average molecular weight is 236 g/mol. The fraction of sp³-hybridized carbons (Fsp3) is 0.500. The Morgan fingerprint density at radius 2 is 1.82 bits per heavy atom. The van der Waals surface area contributed by atoms with Crippen LogP contribution in [0, 0.1) is 0 Å². The lowest BCUT2D eigenvalue weighted by molar-refractivity contribution is 0.00695. The van der Waals surface area contributed by atoms with Gasteiger partial charge in [-0.3, -0.25) is 0 Å². The summed E-state index contributed by atoms with van der Waals surface area (Å²) in [5.41, 5.74) is 1.21. The molecule has 0 aromatic heterocycles. The summed E-state index contributed by atoms with van der Waals surface area (Å²) in [6, 6.07) is 7.32. The van der Waals surface area contributed by atoms with E-state index in [2.05, 4.69) is 0 Å². The third-order valence-corrected chi connectivity index (χ3v) is 2.21. The average Bonchev–Trinajstić information content (AvgIpc) is 2.24. The first-order valence-corrected chi connectivity index (χ1v) is 5.85. The number of aliphatic hydroxyl groups excluding tert-OH is 1. The molecule has 0 heterocycles. The zero-order chi connectivity index (χ0) is 12.9. The smallest absolute Gasteiger partial charge is 0.338 e. The van der Waals surface area contributed by atoms with E-state index >= 15 is 0 Å². The van der Waals surface area contributed by atoms with E-state index in [1.807, 2.05) is 32.9 Å². The number of aliphatic hydroxyl groups is 1. The van der Waals surface area contributed by atoms with Gasteiger partial charge in [0.25, 0.3) is 0 Å². The Bertz CT molecular complexity index is 360. The summed E-state index contributed by atoms with van der Waals surface area (Å²) in [5.74, 6) is -0.300. The molecule has 1 rings (SSSR count). The Morgan fingerprint density at radius 3 is 2.29 bits per heavy atom. The van der Waals surface area contributed by atoms with Gasteiger partial charge < -0.3 is 9.84 Å². The van der Waals surface area contributed by atoms with Gasteiger partial charge >= 0.3 is 5.97 Å². The number of carbonyl (C=O) groups excluding carboxylic acids is 1. The number of ether oxygens (including phenoxy) is 1. The summed E-state index contributed by atoms with van der Waals surface area (Å²) in [7, 11) is 0. The summed E-state index contributed by atoms with van der Waals surface area (Å²) in [4.78, 5) is 11.7. The molecule has 0 atom stereocenters. The Kier molecular flexibility index (Phi) is 4.70. The molecule has 0 aliphatic carbocycles. The molecule has 0 saturated carbocycles. The second-order valence-corrected chi connectivity index (χ2v) is 5.03. The molecule has 3 nitrogen and oxygen atoms in total. The van der Waals surface area contributed by atoms with Crippen molar-refractivity contribution in [1.29, 1.82) is 0 Å². The molecule has 1 N–H and O–H groups in total. The van der Waals surface area contributed by atoms with E-state index in [9.17, 15) is 4.79 Å². The minimum Gasteiger partial charge on any atom is -0.456 e. The number of hydrogen-bond donors (Lipinski definition) is 1. The molecule has 94 valence electrons. The first kappa shape index (κ1) is 13.7. The van der Waals surface area contributed by atoms with Crippen molar-refractivity contribution < 1.29 is 14.6 Å². The molecule has 0 aliphatic heterocycles. The second kappa shape index (κ2) is 5.82. The largest absolute Gasteiger partial charge is 0.456 e. The summed E-state index contributed by atoms with van der Waals surface area (Å²) in [5, 5.41) is 8.72. The highest BCUT2D eigenvalue weighted by Crippen LogP contribution is 2.13. The van der Waals surface area contributed by atoms with E-state index in [0.717, 1.165) is 18.4 Å². The van der Waals surface area contributed by atoms with E-state index < -0.39 is 5.60 Å². The van der Waals surface area contributed by atoms with E-state index in [1.54, 1.807) is 12.1 Å². The Labute approximate surface area is 102 Å².